The molecule has 0 spiro atoms. The van der Waals surface area contributed by atoms with Gasteiger partial charge in [-0.1, -0.05) is 0 Å². The maximum atomic E-state index is 12.3. The number of pyridine rings is 1. The number of methoxy groups -OCH3 is 1. The molecule has 0 saturated heterocycles. The number of ether oxygens (including phenoxy) is 1. The lowest BCUT2D eigenvalue weighted by Gasteiger charge is -2.11. The molecule has 1 aromatic carbocycles. The average Bonchev–Trinajstić information content (AvgIpc) is 3.29. The molecule has 0 aliphatic rings. The van der Waals surface area contributed by atoms with Crippen LogP contribution in [-0.4, -0.2) is 23.0 Å². The summed E-state index contributed by atoms with van der Waals surface area (Å²) in [4.78, 5) is 19.8. The molecule has 4 rings (SSSR count). The number of H-pyrrole nitrogens is 1. The minimum absolute atomic E-state index is 0.230. The minimum atomic E-state index is -0.230. The van der Waals surface area contributed by atoms with Crippen molar-refractivity contribution in [2.24, 2.45) is 0 Å². The van der Waals surface area contributed by atoms with Crippen LogP contribution in [-0.2, 0) is 0 Å². The third-order valence-electron chi connectivity index (χ3n) is 4.16. The summed E-state index contributed by atoms with van der Waals surface area (Å²) in [5.41, 5.74) is 3.81. The summed E-state index contributed by atoms with van der Waals surface area (Å²) in [5, 5.41) is 3.88. The van der Waals surface area contributed by atoms with Crippen molar-refractivity contribution in [2.75, 3.05) is 12.4 Å². The second-order valence-corrected chi connectivity index (χ2v) is 5.95. The topological polar surface area (TPSA) is 80.2 Å². The van der Waals surface area contributed by atoms with Crippen molar-refractivity contribution in [2.45, 2.75) is 6.92 Å². The van der Waals surface area contributed by atoms with Crippen molar-refractivity contribution in [3.05, 3.63) is 66.4 Å². The lowest BCUT2D eigenvalue weighted by Crippen LogP contribution is -2.10. The number of aromatic amines is 1. The molecule has 3 aromatic heterocycles. The van der Waals surface area contributed by atoms with Crippen molar-refractivity contribution in [1.29, 1.82) is 0 Å². The molecule has 6 nitrogen and oxygen atoms in total. The Morgan fingerprint density at radius 1 is 1.23 bits per heavy atom. The van der Waals surface area contributed by atoms with Crippen LogP contribution in [0.5, 0.6) is 5.75 Å². The number of benzene rings is 1. The quantitative estimate of drug-likeness (QED) is 0.574. The molecule has 0 bridgehead atoms. The Balaban J connectivity index is 1.64. The Bertz CT molecular complexity index is 1090. The van der Waals surface area contributed by atoms with Crippen LogP contribution >= 0.6 is 0 Å². The van der Waals surface area contributed by atoms with E-state index in [0.717, 1.165) is 22.2 Å². The van der Waals surface area contributed by atoms with E-state index in [1.54, 1.807) is 32.4 Å². The molecule has 0 radical (unpaired) electrons. The van der Waals surface area contributed by atoms with Crippen molar-refractivity contribution < 1.29 is 13.9 Å². The summed E-state index contributed by atoms with van der Waals surface area (Å²) >= 11 is 0. The molecule has 130 valence electrons. The highest BCUT2D eigenvalue weighted by Gasteiger charge is 2.12. The van der Waals surface area contributed by atoms with Crippen LogP contribution in [0.25, 0.3) is 22.2 Å². The highest BCUT2D eigenvalue weighted by Crippen LogP contribution is 2.33. The molecular weight excluding hydrogens is 330 g/mol. The summed E-state index contributed by atoms with van der Waals surface area (Å²) in [6.45, 7) is 1.80. The molecular formula is C20H17N3O3. The predicted molar refractivity (Wildman–Crippen MR) is 99.5 cm³/mol. The number of rotatable bonds is 4. The molecule has 3 heterocycles. The van der Waals surface area contributed by atoms with E-state index in [1.165, 1.54) is 6.26 Å². The van der Waals surface area contributed by atoms with Crippen molar-refractivity contribution in [3.63, 3.8) is 0 Å². The van der Waals surface area contributed by atoms with Crippen LogP contribution in [0, 0.1) is 6.92 Å². The molecule has 1 amide bonds. The van der Waals surface area contributed by atoms with Gasteiger partial charge in [-0.2, -0.15) is 0 Å². The van der Waals surface area contributed by atoms with E-state index in [-0.39, 0.29) is 5.91 Å². The first-order chi connectivity index (χ1) is 12.6. The molecule has 0 atom stereocenters. The first-order valence-corrected chi connectivity index (χ1v) is 8.12. The van der Waals surface area contributed by atoms with Gasteiger partial charge in [0.25, 0.3) is 5.91 Å². The summed E-state index contributed by atoms with van der Waals surface area (Å²) in [6, 6.07) is 11.2. The highest BCUT2D eigenvalue weighted by atomic mass is 16.5. The summed E-state index contributed by atoms with van der Waals surface area (Å²) in [5.74, 6) is 1.12. The zero-order valence-electron chi connectivity index (χ0n) is 14.4. The van der Waals surface area contributed by atoms with E-state index in [0.29, 0.717) is 22.8 Å². The van der Waals surface area contributed by atoms with Gasteiger partial charge in [-0.25, -0.2) is 4.98 Å². The summed E-state index contributed by atoms with van der Waals surface area (Å²) in [6.07, 6.45) is 5.09. The van der Waals surface area contributed by atoms with Gasteiger partial charge in [0.2, 0.25) is 0 Å². The molecule has 0 aliphatic carbocycles. The fourth-order valence-electron chi connectivity index (χ4n) is 2.86. The fraction of sp³-hybridized carbons (Fsp3) is 0.100. The number of nitrogens with zero attached hydrogens (tertiary/aromatic N) is 1. The van der Waals surface area contributed by atoms with E-state index >= 15 is 0 Å². The smallest absolute Gasteiger partial charge is 0.258 e. The second-order valence-electron chi connectivity index (χ2n) is 5.95. The van der Waals surface area contributed by atoms with Gasteiger partial charge in [0.1, 0.15) is 23.4 Å². The van der Waals surface area contributed by atoms with Crippen LogP contribution in [0.2, 0.25) is 0 Å². The molecule has 26 heavy (non-hydrogen) atoms. The monoisotopic (exact) mass is 347 g/mol. The van der Waals surface area contributed by atoms with Gasteiger partial charge < -0.3 is 19.5 Å². The van der Waals surface area contributed by atoms with Gasteiger partial charge in [0.15, 0.2) is 0 Å². The van der Waals surface area contributed by atoms with Crippen molar-refractivity contribution >= 4 is 22.6 Å². The van der Waals surface area contributed by atoms with Gasteiger partial charge in [0.05, 0.1) is 12.7 Å². The normalized spacial score (nSPS) is 10.8. The van der Waals surface area contributed by atoms with E-state index in [2.05, 4.69) is 15.3 Å². The first kappa shape index (κ1) is 16.0. The number of nitrogens with one attached hydrogen (secondary N) is 2. The van der Waals surface area contributed by atoms with E-state index in [4.69, 9.17) is 9.15 Å². The van der Waals surface area contributed by atoms with Crippen LogP contribution in [0.4, 0.5) is 5.69 Å². The third-order valence-corrected chi connectivity index (χ3v) is 4.16. The van der Waals surface area contributed by atoms with Crippen molar-refractivity contribution in [3.8, 4) is 16.9 Å². The number of aryl methyl sites for hydroxylation is 1. The SMILES string of the molecule is COc1cc(NC(=O)c2coc(C)c2)ccc1-c1cnc2[nH]ccc2c1. The predicted octanol–water partition coefficient (Wildman–Crippen LogP) is 4.39. The standard InChI is InChI=1S/C20H17N3O3/c1-12-7-15(11-26-12)20(24)23-16-3-4-17(18(9-16)25-2)14-8-13-5-6-21-19(13)22-10-14/h3-11H,1-2H3,(H,21,22)(H,23,24). The summed E-state index contributed by atoms with van der Waals surface area (Å²) in [7, 11) is 1.60. The lowest BCUT2D eigenvalue weighted by atomic mass is 10.0. The molecule has 0 unspecified atom stereocenters. The fourth-order valence-corrected chi connectivity index (χ4v) is 2.86. The Morgan fingerprint density at radius 3 is 2.88 bits per heavy atom. The van der Waals surface area contributed by atoms with Crippen LogP contribution in [0.15, 0.2) is 59.5 Å². The number of carbonyl (C=O) groups is 1. The summed E-state index contributed by atoms with van der Waals surface area (Å²) < 4.78 is 10.7. The van der Waals surface area contributed by atoms with E-state index < -0.39 is 0 Å². The van der Waals surface area contributed by atoms with Gasteiger partial charge in [-0.05, 0) is 37.3 Å². The number of carbonyl (C=O) groups excluding carboxylic acids is 1. The number of hydrogen-bond acceptors (Lipinski definition) is 4. The third kappa shape index (κ3) is 2.93. The van der Waals surface area contributed by atoms with Gasteiger partial charge in [-0.3, -0.25) is 4.79 Å². The maximum absolute atomic E-state index is 12.3. The molecule has 0 fully saturated rings. The number of anilines is 1. The van der Waals surface area contributed by atoms with Crippen LogP contribution in [0.1, 0.15) is 16.1 Å². The Morgan fingerprint density at radius 2 is 2.12 bits per heavy atom. The van der Waals surface area contributed by atoms with Crippen LogP contribution < -0.4 is 10.1 Å². The number of hydrogen-bond donors (Lipinski definition) is 2. The van der Waals surface area contributed by atoms with Gasteiger partial charge >= 0.3 is 0 Å². The zero-order chi connectivity index (χ0) is 18.1. The number of aromatic nitrogens is 2. The van der Waals surface area contributed by atoms with E-state index in [9.17, 15) is 4.79 Å². The number of fused-ring (bicyclic) bond motifs is 1. The van der Waals surface area contributed by atoms with E-state index in [1.807, 2.05) is 30.5 Å². The van der Waals surface area contributed by atoms with Gasteiger partial charge in [0, 0.05) is 40.7 Å². The zero-order valence-corrected chi connectivity index (χ0v) is 14.4. The largest absolute Gasteiger partial charge is 0.496 e. The molecule has 0 aliphatic heterocycles. The van der Waals surface area contributed by atoms with Crippen LogP contribution in [0.3, 0.4) is 0 Å². The number of furan rings is 1. The molecule has 0 saturated carbocycles. The maximum Gasteiger partial charge on any atom is 0.258 e. The Kier molecular flexibility index (Phi) is 3.93. The average molecular weight is 347 g/mol. The minimum Gasteiger partial charge on any atom is -0.496 e. The Labute approximate surface area is 149 Å². The Hall–Kier alpha value is -3.54. The molecule has 6 heteroatoms. The first-order valence-electron chi connectivity index (χ1n) is 8.12. The molecule has 2 N–H and O–H groups in total. The van der Waals surface area contributed by atoms with Crippen molar-refractivity contribution in [1.82, 2.24) is 9.97 Å². The molecule has 4 aromatic rings. The second kappa shape index (κ2) is 6.40. The number of amides is 1. The lowest BCUT2D eigenvalue weighted by molar-refractivity contribution is 0.102. The van der Waals surface area contributed by atoms with Gasteiger partial charge in [-0.15, -0.1) is 0 Å². The highest BCUT2D eigenvalue weighted by molar-refractivity contribution is 6.04.